The molecule has 0 saturated carbocycles. The normalized spacial score (nSPS) is 11.3. The Hall–Kier alpha value is -2.29. The number of alkyl halides is 3. The fourth-order valence-electron chi connectivity index (χ4n) is 1.86. The van der Waals surface area contributed by atoms with Crippen molar-refractivity contribution in [1.29, 1.82) is 0 Å². The molecule has 0 atom stereocenters. The Kier molecular flexibility index (Phi) is 6.63. The van der Waals surface area contributed by atoms with Crippen LogP contribution in [0.4, 0.5) is 13.2 Å². The van der Waals surface area contributed by atoms with Gasteiger partial charge in [-0.15, -0.1) is 6.58 Å². The Morgan fingerprint density at radius 2 is 2.20 bits per heavy atom. The number of furan rings is 1. The quantitative estimate of drug-likeness (QED) is 0.330. The predicted molar refractivity (Wildman–Crippen MR) is 87.9 cm³/mol. The molecule has 1 amide bonds. The van der Waals surface area contributed by atoms with Gasteiger partial charge in [0.2, 0.25) is 5.91 Å². The van der Waals surface area contributed by atoms with Gasteiger partial charge in [0.1, 0.15) is 11.4 Å². The molecule has 0 saturated heterocycles. The molecular weight excluding hydrogens is 355 g/mol. The standard InChI is InChI=1S/C16H16F3N3O2S/c1-2-7-20-14(23)6-4-9-25-15-21-11(12-5-3-8-24-12)10-13(22-15)16(17,18)19/h2-3,5,8,10H,1,4,6-7,9H2,(H,20,23). The number of carbonyl (C=O) groups is 1. The van der Waals surface area contributed by atoms with Gasteiger partial charge in [-0.2, -0.15) is 13.2 Å². The second-order valence-electron chi connectivity index (χ2n) is 4.94. The molecule has 0 fully saturated rings. The van der Waals surface area contributed by atoms with Crippen LogP contribution in [-0.4, -0.2) is 28.2 Å². The van der Waals surface area contributed by atoms with Crippen molar-refractivity contribution < 1.29 is 22.4 Å². The molecule has 2 aromatic heterocycles. The number of thioether (sulfide) groups is 1. The minimum absolute atomic E-state index is 0.00674. The van der Waals surface area contributed by atoms with Crippen molar-refractivity contribution in [2.75, 3.05) is 12.3 Å². The number of aromatic nitrogens is 2. The zero-order valence-corrected chi connectivity index (χ0v) is 14.0. The minimum atomic E-state index is -4.58. The Balaban J connectivity index is 2.03. The number of rotatable bonds is 8. The summed E-state index contributed by atoms with van der Waals surface area (Å²) in [4.78, 5) is 19.1. The third-order valence-electron chi connectivity index (χ3n) is 2.99. The van der Waals surface area contributed by atoms with Gasteiger partial charge in [0.25, 0.3) is 0 Å². The van der Waals surface area contributed by atoms with Gasteiger partial charge in [-0.3, -0.25) is 4.79 Å². The van der Waals surface area contributed by atoms with Crippen LogP contribution in [-0.2, 0) is 11.0 Å². The van der Waals surface area contributed by atoms with Gasteiger partial charge in [-0.1, -0.05) is 17.8 Å². The third kappa shape index (κ3) is 5.93. The summed E-state index contributed by atoms with van der Waals surface area (Å²) in [7, 11) is 0. The van der Waals surface area contributed by atoms with Crippen LogP contribution in [0.2, 0.25) is 0 Å². The van der Waals surface area contributed by atoms with E-state index in [1.165, 1.54) is 12.3 Å². The molecule has 9 heteroatoms. The molecule has 5 nitrogen and oxygen atoms in total. The van der Waals surface area contributed by atoms with Crippen molar-refractivity contribution in [2.45, 2.75) is 24.2 Å². The summed E-state index contributed by atoms with van der Waals surface area (Å²) in [5.41, 5.74) is -0.960. The molecule has 2 aromatic rings. The summed E-state index contributed by atoms with van der Waals surface area (Å²) in [6, 6.07) is 3.95. The summed E-state index contributed by atoms with van der Waals surface area (Å²) in [5.74, 6) is 0.515. The van der Waals surface area contributed by atoms with Crippen molar-refractivity contribution in [3.63, 3.8) is 0 Å². The van der Waals surface area contributed by atoms with Crippen molar-refractivity contribution in [2.24, 2.45) is 0 Å². The average molecular weight is 371 g/mol. The fraction of sp³-hybridized carbons (Fsp3) is 0.312. The van der Waals surface area contributed by atoms with Crippen molar-refractivity contribution in [1.82, 2.24) is 15.3 Å². The molecule has 2 heterocycles. The molecule has 25 heavy (non-hydrogen) atoms. The zero-order chi connectivity index (χ0) is 18.3. The third-order valence-corrected chi connectivity index (χ3v) is 3.93. The molecule has 1 N–H and O–H groups in total. The van der Waals surface area contributed by atoms with E-state index in [2.05, 4.69) is 21.9 Å². The first-order chi connectivity index (χ1) is 11.9. The summed E-state index contributed by atoms with van der Waals surface area (Å²) >= 11 is 1.06. The smallest absolute Gasteiger partial charge is 0.433 e. The van der Waals surface area contributed by atoms with E-state index >= 15 is 0 Å². The molecular formula is C16H16F3N3O2S. The lowest BCUT2D eigenvalue weighted by molar-refractivity contribution is -0.141. The SMILES string of the molecule is C=CCNC(=O)CCCSc1nc(-c2ccco2)cc(C(F)(F)F)n1. The first-order valence-corrected chi connectivity index (χ1v) is 8.39. The molecule has 0 bridgehead atoms. The van der Waals surface area contributed by atoms with E-state index in [0.717, 1.165) is 17.8 Å². The van der Waals surface area contributed by atoms with Gasteiger partial charge in [0, 0.05) is 18.7 Å². The second-order valence-corrected chi connectivity index (χ2v) is 6.00. The maximum atomic E-state index is 13.0. The van der Waals surface area contributed by atoms with Gasteiger partial charge in [-0.25, -0.2) is 9.97 Å². The van der Waals surface area contributed by atoms with E-state index in [4.69, 9.17) is 4.42 Å². The number of halogens is 3. The average Bonchev–Trinajstić information content (AvgIpc) is 3.10. The van der Waals surface area contributed by atoms with Crippen molar-refractivity contribution in [3.8, 4) is 11.5 Å². The van der Waals surface area contributed by atoms with Crippen LogP contribution in [0.15, 0.2) is 46.7 Å². The molecule has 0 unspecified atom stereocenters. The summed E-state index contributed by atoms with van der Waals surface area (Å²) in [6.45, 7) is 3.88. The Morgan fingerprint density at radius 3 is 2.84 bits per heavy atom. The number of carbonyl (C=O) groups excluding carboxylic acids is 1. The van der Waals surface area contributed by atoms with E-state index in [1.807, 2.05) is 0 Å². The van der Waals surface area contributed by atoms with Gasteiger partial charge < -0.3 is 9.73 Å². The minimum Gasteiger partial charge on any atom is -0.463 e. The molecule has 0 aromatic carbocycles. The number of amides is 1. The lowest BCUT2D eigenvalue weighted by Crippen LogP contribution is -2.22. The van der Waals surface area contributed by atoms with Gasteiger partial charge in [-0.05, 0) is 24.6 Å². The highest BCUT2D eigenvalue weighted by Gasteiger charge is 2.34. The number of nitrogens with zero attached hydrogens (tertiary/aromatic N) is 2. The van der Waals surface area contributed by atoms with Gasteiger partial charge >= 0.3 is 6.18 Å². The molecule has 0 aliphatic rings. The number of hydrogen-bond donors (Lipinski definition) is 1. The highest BCUT2D eigenvalue weighted by atomic mass is 32.2. The lowest BCUT2D eigenvalue weighted by Gasteiger charge is -2.09. The maximum Gasteiger partial charge on any atom is 0.433 e. The van der Waals surface area contributed by atoms with Gasteiger partial charge in [0.15, 0.2) is 10.9 Å². The van der Waals surface area contributed by atoms with Crippen LogP contribution >= 0.6 is 11.8 Å². The maximum absolute atomic E-state index is 13.0. The van der Waals surface area contributed by atoms with Crippen molar-refractivity contribution in [3.05, 3.63) is 42.8 Å². The summed E-state index contributed by atoms with van der Waals surface area (Å²) in [5, 5.41) is 2.62. The first kappa shape index (κ1) is 19.0. The topological polar surface area (TPSA) is 68.0 Å². The van der Waals surface area contributed by atoms with E-state index < -0.39 is 11.9 Å². The highest BCUT2D eigenvalue weighted by molar-refractivity contribution is 7.99. The Labute approximate surface area is 146 Å². The van der Waals surface area contributed by atoms with Crippen LogP contribution in [0.5, 0.6) is 0 Å². The van der Waals surface area contributed by atoms with Crippen LogP contribution in [0.1, 0.15) is 18.5 Å². The lowest BCUT2D eigenvalue weighted by atomic mass is 10.2. The molecule has 134 valence electrons. The first-order valence-electron chi connectivity index (χ1n) is 7.40. The molecule has 0 spiro atoms. The zero-order valence-electron chi connectivity index (χ0n) is 13.2. The Morgan fingerprint density at radius 1 is 1.40 bits per heavy atom. The van der Waals surface area contributed by atoms with E-state index in [-0.39, 0.29) is 28.9 Å². The summed E-state index contributed by atoms with van der Waals surface area (Å²) < 4.78 is 44.1. The van der Waals surface area contributed by atoms with E-state index in [0.29, 0.717) is 18.7 Å². The number of hydrogen-bond acceptors (Lipinski definition) is 5. The summed E-state index contributed by atoms with van der Waals surface area (Å²) in [6.07, 6.45) is -0.892. The largest absolute Gasteiger partial charge is 0.463 e. The predicted octanol–water partition coefficient (Wildman–Crippen LogP) is 3.93. The van der Waals surface area contributed by atoms with Crippen LogP contribution in [0.25, 0.3) is 11.5 Å². The Bertz CT molecular complexity index is 718. The molecule has 0 aliphatic carbocycles. The van der Waals surface area contributed by atoms with Gasteiger partial charge in [0.05, 0.1) is 6.26 Å². The monoisotopic (exact) mass is 371 g/mol. The second kappa shape index (κ2) is 8.70. The van der Waals surface area contributed by atoms with Crippen LogP contribution < -0.4 is 5.32 Å². The molecule has 2 rings (SSSR count). The fourth-order valence-corrected chi connectivity index (χ4v) is 2.65. The molecule has 0 aliphatic heterocycles. The highest BCUT2D eigenvalue weighted by Crippen LogP contribution is 2.32. The van der Waals surface area contributed by atoms with E-state index in [1.54, 1.807) is 12.1 Å². The van der Waals surface area contributed by atoms with E-state index in [9.17, 15) is 18.0 Å². The van der Waals surface area contributed by atoms with Crippen LogP contribution in [0, 0.1) is 0 Å². The van der Waals surface area contributed by atoms with Crippen molar-refractivity contribution >= 4 is 17.7 Å². The molecule has 0 radical (unpaired) electrons. The van der Waals surface area contributed by atoms with Crippen LogP contribution in [0.3, 0.4) is 0 Å². The number of nitrogens with one attached hydrogen (secondary N) is 1.